The Morgan fingerprint density at radius 3 is 2.86 bits per heavy atom. The second-order valence-corrected chi connectivity index (χ2v) is 9.80. The van der Waals surface area contributed by atoms with Gasteiger partial charge in [-0.25, -0.2) is 0 Å². The highest BCUT2D eigenvalue weighted by Gasteiger charge is 2.53. The Hall–Kier alpha value is -0.480. The lowest BCUT2D eigenvalue weighted by molar-refractivity contribution is -0.757. The molecule has 5 aliphatic rings. The summed E-state index contributed by atoms with van der Waals surface area (Å²) in [6.07, 6.45) is 6.58. The first-order chi connectivity index (χ1) is 10.8. The molecule has 1 aromatic heterocycles. The lowest BCUT2D eigenvalue weighted by Gasteiger charge is -2.40. The maximum Gasteiger partial charge on any atom is 0.259 e. The number of aromatic nitrogens is 1. The molecule has 0 N–H and O–H groups in total. The van der Waals surface area contributed by atoms with Gasteiger partial charge in [-0.15, -0.1) is 0 Å². The van der Waals surface area contributed by atoms with E-state index in [9.17, 15) is 5.26 Å². The van der Waals surface area contributed by atoms with Gasteiger partial charge < -0.3 is 4.90 Å². The van der Waals surface area contributed by atoms with E-state index in [2.05, 4.69) is 44.2 Å². The quantitative estimate of drug-likeness (QED) is 0.363. The minimum absolute atomic E-state index is 0.608. The zero-order valence-electron chi connectivity index (χ0n) is 12.5. The number of thioether (sulfide) groups is 1. The maximum absolute atomic E-state index is 9.68. The number of anilines is 1. The summed E-state index contributed by atoms with van der Waals surface area (Å²) >= 11 is 4.66. The van der Waals surface area contributed by atoms with Crippen molar-refractivity contribution >= 4 is 40.0 Å². The lowest BCUT2D eigenvalue weighted by atomic mass is 9.84. The molecule has 0 amide bonds. The standard InChI is InChI=1S/C17H19IN3S/c18-12-2-1-3-14-16(12)21-15-10-4-6-20(7-5-10)13(15)8-11(9-19)17(21)22-14/h8,10,12,14,16H,1-7H2/q+1/t12-,14+,16-/m0/s1. The fourth-order valence-electron chi connectivity index (χ4n) is 4.87. The molecule has 22 heavy (non-hydrogen) atoms. The van der Waals surface area contributed by atoms with E-state index in [-0.39, 0.29) is 0 Å². The third kappa shape index (κ3) is 1.77. The molecule has 2 bridgehead atoms. The lowest BCUT2D eigenvalue weighted by Crippen LogP contribution is -2.55. The molecule has 1 aliphatic carbocycles. The Bertz CT molecular complexity index is 690. The van der Waals surface area contributed by atoms with Crippen molar-refractivity contribution in [3.8, 4) is 6.07 Å². The minimum atomic E-state index is 0.608. The molecule has 0 unspecified atom stereocenters. The van der Waals surface area contributed by atoms with Crippen LogP contribution in [0.5, 0.6) is 0 Å². The summed E-state index contributed by atoms with van der Waals surface area (Å²) < 4.78 is 3.35. The molecule has 0 spiro atoms. The fourth-order valence-corrected chi connectivity index (χ4v) is 8.01. The van der Waals surface area contributed by atoms with Crippen molar-refractivity contribution in [2.45, 2.75) is 58.3 Å². The van der Waals surface area contributed by atoms with Crippen molar-refractivity contribution in [1.82, 2.24) is 0 Å². The fraction of sp³-hybridized carbons (Fsp3) is 0.647. The molecule has 5 heteroatoms. The van der Waals surface area contributed by atoms with Crippen LogP contribution in [0.25, 0.3) is 0 Å². The summed E-state index contributed by atoms with van der Waals surface area (Å²) in [4.78, 5) is 2.52. The monoisotopic (exact) mass is 424 g/mol. The van der Waals surface area contributed by atoms with Crippen LogP contribution < -0.4 is 9.47 Å². The summed E-state index contributed by atoms with van der Waals surface area (Å²) in [6, 6.07) is 5.29. The molecule has 1 aromatic rings. The van der Waals surface area contributed by atoms with Crippen LogP contribution in [0.1, 0.15) is 55.3 Å². The van der Waals surface area contributed by atoms with Gasteiger partial charge in [0.25, 0.3) is 5.03 Å². The van der Waals surface area contributed by atoms with Crippen LogP contribution in [0.15, 0.2) is 11.1 Å². The summed E-state index contributed by atoms with van der Waals surface area (Å²) in [5.74, 6) is 0.719. The van der Waals surface area contributed by atoms with E-state index >= 15 is 0 Å². The highest BCUT2D eigenvalue weighted by atomic mass is 127. The topological polar surface area (TPSA) is 30.9 Å². The van der Waals surface area contributed by atoms with Crippen molar-refractivity contribution in [3.05, 3.63) is 17.3 Å². The molecule has 0 aromatic carbocycles. The molecule has 4 aliphatic heterocycles. The van der Waals surface area contributed by atoms with Gasteiger partial charge in [0.2, 0.25) is 5.69 Å². The van der Waals surface area contributed by atoms with E-state index in [0.717, 1.165) is 11.5 Å². The molecule has 1 saturated carbocycles. The van der Waals surface area contributed by atoms with Gasteiger partial charge in [0, 0.05) is 19.0 Å². The number of hydrogen-bond acceptors (Lipinski definition) is 3. The number of nitriles is 1. The maximum atomic E-state index is 9.68. The van der Waals surface area contributed by atoms with Crippen molar-refractivity contribution in [1.29, 1.82) is 5.26 Å². The SMILES string of the molecule is N#Cc1cc2c([n+]3c1S[C@@H]1CCC[C@H](I)[C@@H]13)C1CCN2CC1. The third-order valence-corrected chi connectivity index (χ3v) is 8.69. The predicted molar refractivity (Wildman–Crippen MR) is 95.9 cm³/mol. The normalized spacial score (nSPS) is 32.4. The number of fused-ring (bicyclic) bond motifs is 5. The van der Waals surface area contributed by atoms with Crippen LogP contribution in [-0.2, 0) is 0 Å². The molecule has 2 fully saturated rings. The van der Waals surface area contributed by atoms with Crippen LogP contribution in [0.2, 0.25) is 0 Å². The van der Waals surface area contributed by atoms with Crippen LogP contribution in [-0.4, -0.2) is 22.3 Å². The molecule has 1 saturated heterocycles. The number of pyridine rings is 1. The predicted octanol–water partition coefficient (Wildman–Crippen LogP) is 3.55. The van der Waals surface area contributed by atoms with E-state index in [4.69, 9.17) is 0 Å². The Balaban J connectivity index is 1.77. The largest absolute Gasteiger partial charge is 0.366 e. The summed E-state index contributed by atoms with van der Waals surface area (Å²) in [5.41, 5.74) is 3.85. The van der Waals surface area contributed by atoms with Gasteiger partial charge in [-0.3, -0.25) is 0 Å². The summed E-state index contributed by atoms with van der Waals surface area (Å²) in [6.45, 7) is 2.35. The second-order valence-electron chi connectivity index (χ2n) is 6.97. The third-order valence-electron chi connectivity index (χ3n) is 5.88. The van der Waals surface area contributed by atoms with Gasteiger partial charge in [-0.1, -0.05) is 29.0 Å². The van der Waals surface area contributed by atoms with Crippen molar-refractivity contribution < 1.29 is 4.57 Å². The van der Waals surface area contributed by atoms with E-state index < -0.39 is 0 Å². The average Bonchev–Trinajstić information content (AvgIpc) is 2.96. The number of alkyl halides is 1. The van der Waals surface area contributed by atoms with Crippen molar-refractivity contribution in [2.75, 3.05) is 18.0 Å². The Morgan fingerprint density at radius 2 is 2.09 bits per heavy atom. The molecule has 3 atom stereocenters. The molecule has 3 nitrogen and oxygen atoms in total. The molecule has 0 radical (unpaired) electrons. The van der Waals surface area contributed by atoms with Gasteiger partial charge in [0.1, 0.15) is 17.3 Å². The highest BCUT2D eigenvalue weighted by Crippen LogP contribution is 2.50. The minimum Gasteiger partial charge on any atom is -0.366 e. The first kappa shape index (κ1) is 13.9. The van der Waals surface area contributed by atoms with E-state index in [1.807, 2.05) is 11.8 Å². The van der Waals surface area contributed by atoms with E-state index in [1.165, 1.54) is 55.9 Å². The summed E-state index contributed by atoms with van der Waals surface area (Å²) in [7, 11) is 0. The van der Waals surface area contributed by atoms with Gasteiger partial charge in [0.15, 0.2) is 6.04 Å². The van der Waals surface area contributed by atoms with Crippen molar-refractivity contribution in [3.63, 3.8) is 0 Å². The number of halogens is 1. The van der Waals surface area contributed by atoms with Crippen LogP contribution in [0.4, 0.5) is 5.69 Å². The number of hydrogen-bond donors (Lipinski definition) is 0. The van der Waals surface area contributed by atoms with Crippen LogP contribution in [0, 0.1) is 11.3 Å². The van der Waals surface area contributed by atoms with E-state index in [1.54, 1.807) is 5.69 Å². The Labute approximate surface area is 149 Å². The first-order valence-electron chi connectivity index (χ1n) is 8.36. The number of piperidine rings is 1. The van der Waals surface area contributed by atoms with Gasteiger partial charge >= 0.3 is 0 Å². The Morgan fingerprint density at radius 1 is 1.27 bits per heavy atom. The molecular weight excluding hydrogens is 405 g/mol. The highest BCUT2D eigenvalue weighted by molar-refractivity contribution is 14.1. The first-order valence-corrected chi connectivity index (χ1v) is 10.5. The smallest absolute Gasteiger partial charge is 0.259 e. The number of nitrogens with zero attached hydrogens (tertiary/aromatic N) is 3. The zero-order chi connectivity index (χ0) is 14.8. The molecular formula is C17H19IN3S+. The second kappa shape index (κ2) is 5.01. The average molecular weight is 424 g/mol. The van der Waals surface area contributed by atoms with Gasteiger partial charge in [-0.05, 0) is 43.5 Å². The van der Waals surface area contributed by atoms with Crippen LogP contribution >= 0.6 is 34.4 Å². The molecule has 114 valence electrons. The Kier molecular flexibility index (Phi) is 3.17. The van der Waals surface area contributed by atoms with E-state index in [0.29, 0.717) is 15.2 Å². The van der Waals surface area contributed by atoms with Gasteiger partial charge in [0.05, 0.1) is 9.17 Å². The van der Waals surface area contributed by atoms with Gasteiger partial charge in [-0.2, -0.15) is 9.83 Å². The molecule has 5 heterocycles. The van der Waals surface area contributed by atoms with Crippen molar-refractivity contribution in [2.24, 2.45) is 0 Å². The zero-order valence-corrected chi connectivity index (χ0v) is 15.4. The molecule has 6 rings (SSSR count). The number of rotatable bonds is 0. The van der Waals surface area contributed by atoms with Crippen LogP contribution in [0.3, 0.4) is 0 Å². The summed E-state index contributed by atoms with van der Waals surface area (Å²) in [5, 5.41) is 11.6.